The molecule has 2 nitrogen and oxygen atoms in total. The molecule has 0 radical (unpaired) electrons. The summed E-state index contributed by atoms with van der Waals surface area (Å²) in [5, 5.41) is 4.00. The van der Waals surface area contributed by atoms with Gasteiger partial charge in [-0.05, 0) is 180 Å². The van der Waals surface area contributed by atoms with Crippen LogP contribution in [0.5, 0.6) is 0 Å². The maximum atomic E-state index is 6.52. The first-order valence-electron chi connectivity index (χ1n) is 26.7. The molecule has 0 saturated carbocycles. The van der Waals surface area contributed by atoms with Gasteiger partial charge >= 0.3 is 0 Å². The second kappa shape index (κ2) is 22.2. The molecule has 2 heteroatoms. The quantitative estimate of drug-likeness (QED) is 0.0941. The number of nitrogens with zero attached hydrogens (tertiary/aromatic N) is 2. The summed E-state index contributed by atoms with van der Waals surface area (Å²) in [6.45, 7) is 0. The molecule has 0 aliphatic rings. The minimum absolute atomic E-state index is 0.611. The Morgan fingerprint density at radius 3 is 1.05 bits per heavy atom. The highest BCUT2D eigenvalue weighted by atomic mass is 15.1. The van der Waals surface area contributed by atoms with Gasteiger partial charge in [0.15, 0.2) is 0 Å². The van der Waals surface area contributed by atoms with E-state index in [4.69, 9.17) is 38.5 Å². The van der Waals surface area contributed by atoms with Crippen molar-refractivity contribution in [1.29, 1.82) is 0 Å². The van der Waals surface area contributed by atoms with Gasteiger partial charge in [-0.15, -0.1) is 38.5 Å². The van der Waals surface area contributed by atoms with Crippen LogP contribution < -0.4 is 9.80 Å². The Hall–Kier alpha value is -11.9. The van der Waals surface area contributed by atoms with E-state index in [2.05, 4.69) is 227 Å². The Morgan fingerprint density at radius 2 is 0.598 bits per heavy atom. The van der Waals surface area contributed by atoms with Crippen LogP contribution in [0, 0.1) is 74.1 Å². The normalized spacial score (nSPS) is 10.6. The summed E-state index contributed by atoms with van der Waals surface area (Å²) in [5.74, 6) is 17.3. The molecule has 0 aliphatic carbocycles. The molecule has 378 valence electrons. The van der Waals surface area contributed by atoms with Crippen LogP contribution in [0.4, 0.5) is 34.1 Å². The lowest BCUT2D eigenvalue weighted by atomic mass is 9.83. The standard InChI is InChI=1S/C80H48N2/c1-7-55-29-26-42-70(67(55)10-4)72-48-45-59(52-76(72)71-43-27-30-56(8-2)68(71)11-5)58-32-25-33-60(51-58)79-74-49-46-66(82(63-38-21-15-22-39-63)64-40-23-16-24-41-64)54-78(74)80(73-44-28-31-57(9-3)69(73)12-6)75-50-47-65(53-77(75)79)81(61-34-17-13-18-35-61)62-36-19-14-20-37-62/h1-6,13-54H. The smallest absolute Gasteiger partial charge is 0.0477 e. The minimum atomic E-state index is 0.611. The van der Waals surface area contributed by atoms with Crippen molar-refractivity contribution in [3.05, 3.63) is 288 Å². The predicted molar refractivity (Wildman–Crippen MR) is 346 cm³/mol. The van der Waals surface area contributed by atoms with E-state index < -0.39 is 0 Å². The highest BCUT2D eigenvalue weighted by Gasteiger charge is 2.25. The molecule has 0 aromatic heterocycles. The van der Waals surface area contributed by atoms with Crippen LogP contribution in [-0.2, 0) is 0 Å². The number of hydrogen-bond acceptors (Lipinski definition) is 2. The fraction of sp³-hybridized carbons (Fsp3) is 0. The van der Waals surface area contributed by atoms with Crippen LogP contribution in [0.25, 0.3) is 77.2 Å². The van der Waals surface area contributed by atoms with E-state index in [0.717, 1.165) is 111 Å². The fourth-order valence-electron chi connectivity index (χ4n) is 11.5. The number of terminal acetylenes is 6. The van der Waals surface area contributed by atoms with Gasteiger partial charge in [0.1, 0.15) is 0 Å². The largest absolute Gasteiger partial charge is 0.310 e. The molecule has 0 heterocycles. The van der Waals surface area contributed by atoms with Crippen molar-refractivity contribution in [1.82, 2.24) is 0 Å². The zero-order chi connectivity index (χ0) is 56.1. The third-order valence-electron chi connectivity index (χ3n) is 15.1. The maximum absolute atomic E-state index is 6.52. The lowest BCUT2D eigenvalue weighted by Crippen LogP contribution is -2.10. The van der Waals surface area contributed by atoms with E-state index in [9.17, 15) is 0 Å². The van der Waals surface area contributed by atoms with Gasteiger partial charge in [-0.3, -0.25) is 0 Å². The second-order valence-corrected chi connectivity index (χ2v) is 19.6. The van der Waals surface area contributed by atoms with Crippen LogP contribution in [0.3, 0.4) is 0 Å². The number of para-hydroxylation sites is 4. The van der Waals surface area contributed by atoms with Gasteiger partial charge in [-0.2, -0.15) is 0 Å². The van der Waals surface area contributed by atoms with E-state index in [1.54, 1.807) is 0 Å². The summed E-state index contributed by atoms with van der Waals surface area (Å²) in [5.41, 5.74) is 18.9. The van der Waals surface area contributed by atoms with Crippen molar-refractivity contribution >= 4 is 55.7 Å². The predicted octanol–water partition coefficient (Wildman–Crippen LogP) is 19.2. The summed E-state index contributed by atoms with van der Waals surface area (Å²) in [7, 11) is 0. The summed E-state index contributed by atoms with van der Waals surface area (Å²) in [6.07, 6.45) is 37.4. The average molecular weight is 1040 g/mol. The Kier molecular flexibility index (Phi) is 13.8. The van der Waals surface area contributed by atoms with Crippen LogP contribution in [0.2, 0.25) is 0 Å². The Labute approximate surface area is 480 Å². The van der Waals surface area contributed by atoms with Crippen LogP contribution in [-0.4, -0.2) is 0 Å². The average Bonchev–Trinajstić information content (AvgIpc) is 3.14. The summed E-state index contributed by atoms with van der Waals surface area (Å²) in [6, 6.07) is 88.1. The van der Waals surface area contributed by atoms with Gasteiger partial charge in [-0.25, -0.2) is 0 Å². The minimum Gasteiger partial charge on any atom is -0.310 e. The fourth-order valence-corrected chi connectivity index (χ4v) is 11.5. The van der Waals surface area contributed by atoms with E-state index in [-0.39, 0.29) is 0 Å². The Balaban J connectivity index is 1.18. The number of anilines is 6. The number of rotatable bonds is 11. The van der Waals surface area contributed by atoms with E-state index in [0.29, 0.717) is 33.4 Å². The summed E-state index contributed by atoms with van der Waals surface area (Å²) < 4.78 is 0. The molecule has 12 rings (SSSR count). The highest BCUT2D eigenvalue weighted by Crippen LogP contribution is 2.50. The van der Waals surface area contributed by atoms with Gasteiger partial charge in [0.2, 0.25) is 0 Å². The topological polar surface area (TPSA) is 6.48 Å². The Morgan fingerprint density at radius 1 is 0.220 bits per heavy atom. The Bertz CT molecular complexity index is 4660. The van der Waals surface area contributed by atoms with Crippen molar-refractivity contribution in [3.63, 3.8) is 0 Å². The van der Waals surface area contributed by atoms with Gasteiger partial charge in [-0.1, -0.05) is 187 Å². The third-order valence-corrected chi connectivity index (χ3v) is 15.1. The molecule has 0 aliphatic heterocycles. The van der Waals surface area contributed by atoms with Gasteiger partial charge in [0.25, 0.3) is 0 Å². The molecule has 0 fully saturated rings. The third kappa shape index (κ3) is 9.15. The van der Waals surface area contributed by atoms with Crippen LogP contribution >= 0.6 is 0 Å². The van der Waals surface area contributed by atoms with Crippen molar-refractivity contribution < 1.29 is 0 Å². The molecular weight excluding hydrogens is 989 g/mol. The zero-order valence-electron chi connectivity index (χ0n) is 44.6. The van der Waals surface area contributed by atoms with E-state index in [1.807, 2.05) is 72.8 Å². The summed E-state index contributed by atoms with van der Waals surface area (Å²) in [4.78, 5) is 4.58. The molecular formula is C80H48N2. The molecule has 12 aromatic carbocycles. The van der Waals surface area contributed by atoms with E-state index in [1.165, 1.54) is 0 Å². The van der Waals surface area contributed by atoms with Crippen molar-refractivity contribution in [3.8, 4) is 130 Å². The molecule has 82 heavy (non-hydrogen) atoms. The molecule has 12 aromatic rings. The molecule has 0 unspecified atom stereocenters. The second-order valence-electron chi connectivity index (χ2n) is 19.6. The maximum Gasteiger partial charge on any atom is 0.0477 e. The monoisotopic (exact) mass is 1040 g/mol. The number of fused-ring (bicyclic) bond motifs is 2. The van der Waals surface area contributed by atoms with Crippen molar-refractivity contribution in [2.24, 2.45) is 0 Å². The van der Waals surface area contributed by atoms with E-state index >= 15 is 0 Å². The molecule has 0 bridgehead atoms. The first kappa shape index (κ1) is 50.9. The number of hydrogen-bond donors (Lipinski definition) is 0. The lowest BCUT2D eigenvalue weighted by molar-refractivity contribution is 1.29. The molecule has 0 spiro atoms. The molecule has 0 saturated heterocycles. The lowest BCUT2D eigenvalue weighted by Gasteiger charge is -2.28. The number of benzene rings is 12. The highest BCUT2D eigenvalue weighted by molar-refractivity contribution is 6.23. The first-order valence-corrected chi connectivity index (χ1v) is 26.7. The van der Waals surface area contributed by atoms with Gasteiger partial charge in [0.05, 0.1) is 0 Å². The van der Waals surface area contributed by atoms with Gasteiger partial charge in [0, 0.05) is 67.5 Å². The molecule has 0 atom stereocenters. The van der Waals surface area contributed by atoms with Crippen LogP contribution in [0.15, 0.2) is 255 Å². The zero-order valence-corrected chi connectivity index (χ0v) is 44.6. The summed E-state index contributed by atoms with van der Waals surface area (Å²) >= 11 is 0. The SMILES string of the molecule is C#Cc1cccc(-c2ccc(-c3cccc(-c4c5cc(N(c6ccccc6)c6ccccc6)ccc5c(-c5cccc(C#C)c5C#C)c5cc(N(c6ccccc6)c6ccccc6)ccc45)c3)cc2-c2cccc(C#C)c2C#C)c1C#C. The molecule has 0 N–H and O–H groups in total. The van der Waals surface area contributed by atoms with Crippen molar-refractivity contribution in [2.45, 2.75) is 0 Å². The van der Waals surface area contributed by atoms with Crippen LogP contribution in [0.1, 0.15) is 33.4 Å². The molecule has 0 amide bonds. The van der Waals surface area contributed by atoms with Crippen molar-refractivity contribution in [2.75, 3.05) is 9.80 Å². The van der Waals surface area contributed by atoms with Gasteiger partial charge < -0.3 is 9.80 Å². The first-order chi connectivity index (χ1) is 40.4.